The highest BCUT2D eigenvalue weighted by Crippen LogP contribution is 2.20. The first-order valence-corrected chi connectivity index (χ1v) is 6.67. The Balaban J connectivity index is 2.87. The van der Waals surface area contributed by atoms with Gasteiger partial charge in [0.15, 0.2) is 5.78 Å². The Morgan fingerprint density at radius 2 is 2.00 bits per heavy atom. The molecule has 0 bridgehead atoms. The lowest BCUT2D eigenvalue weighted by Crippen LogP contribution is -2.05. The van der Waals surface area contributed by atoms with Gasteiger partial charge in [-0.05, 0) is 17.7 Å². The van der Waals surface area contributed by atoms with Gasteiger partial charge in [0, 0.05) is 17.7 Å². The Bertz CT molecular complexity index is 331. The minimum atomic E-state index is 0.272. The Labute approximate surface area is 96.3 Å². The van der Waals surface area contributed by atoms with Crippen LogP contribution in [0.1, 0.15) is 42.1 Å². The van der Waals surface area contributed by atoms with E-state index in [9.17, 15) is 4.79 Å². The molecule has 0 aliphatic carbocycles. The second kappa shape index (κ2) is 5.96. The molecule has 82 valence electrons. The van der Waals surface area contributed by atoms with E-state index in [1.807, 2.05) is 24.5 Å². The minimum Gasteiger partial charge on any atom is -0.294 e. The molecule has 0 aliphatic rings. The summed E-state index contributed by atoms with van der Waals surface area (Å²) in [6.07, 6.45) is 2.67. The summed E-state index contributed by atoms with van der Waals surface area (Å²) in [5.74, 6) is 1.60. The van der Waals surface area contributed by atoms with E-state index in [4.69, 9.17) is 0 Å². The normalized spacial score (nSPS) is 10.7. The molecule has 0 spiro atoms. The van der Waals surface area contributed by atoms with Crippen LogP contribution in [0.15, 0.2) is 24.3 Å². The van der Waals surface area contributed by atoms with Crippen LogP contribution in [-0.4, -0.2) is 17.8 Å². The van der Waals surface area contributed by atoms with E-state index in [1.54, 1.807) is 11.8 Å². The molecule has 0 fully saturated rings. The number of hydrogen-bond donors (Lipinski definition) is 0. The number of thioether (sulfide) groups is 1. The van der Waals surface area contributed by atoms with Gasteiger partial charge >= 0.3 is 0 Å². The quantitative estimate of drug-likeness (QED) is 0.706. The maximum absolute atomic E-state index is 11.9. The van der Waals surface area contributed by atoms with Gasteiger partial charge < -0.3 is 0 Å². The zero-order valence-electron chi connectivity index (χ0n) is 9.62. The molecule has 0 amide bonds. The molecule has 1 aromatic rings. The molecule has 0 unspecified atom stereocenters. The molecule has 1 nitrogen and oxygen atoms in total. The van der Waals surface area contributed by atoms with Gasteiger partial charge in [-0.25, -0.2) is 0 Å². The van der Waals surface area contributed by atoms with Crippen LogP contribution >= 0.6 is 11.8 Å². The van der Waals surface area contributed by atoms with Crippen molar-refractivity contribution in [1.29, 1.82) is 0 Å². The standard InChI is InChI=1S/C13H18OS/c1-10(2)11-6-4-5-7-12(11)13(14)8-9-15-3/h4-7,10H,8-9H2,1-3H3. The molecule has 0 saturated heterocycles. The highest BCUT2D eigenvalue weighted by molar-refractivity contribution is 7.98. The Kier molecular flexibility index (Phi) is 4.89. The zero-order chi connectivity index (χ0) is 11.3. The first-order chi connectivity index (χ1) is 7.16. The van der Waals surface area contributed by atoms with Gasteiger partial charge in [-0.1, -0.05) is 38.1 Å². The summed E-state index contributed by atoms with van der Waals surface area (Å²) in [6.45, 7) is 4.25. The van der Waals surface area contributed by atoms with Gasteiger partial charge in [0.1, 0.15) is 0 Å². The van der Waals surface area contributed by atoms with Crippen molar-refractivity contribution in [2.75, 3.05) is 12.0 Å². The Morgan fingerprint density at radius 3 is 2.60 bits per heavy atom. The van der Waals surface area contributed by atoms with Crippen molar-refractivity contribution < 1.29 is 4.79 Å². The number of Topliss-reactive ketones (excluding diaryl/α,β-unsaturated/α-hetero) is 1. The van der Waals surface area contributed by atoms with E-state index < -0.39 is 0 Å². The van der Waals surface area contributed by atoms with E-state index in [2.05, 4.69) is 19.9 Å². The van der Waals surface area contributed by atoms with Crippen molar-refractivity contribution in [1.82, 2.24) is 0 Å². The summed E-state index contributed by atoms with van der Waals surface area (Å²) in [4.78, 5) is 11.9. The molecule has 0 saturated carbocycles. The molecule has 1 rings (SSSR count). The second-order valence-corrected chi connectivity index (χ2v) is 4.89. The van der Waals surface area contributed by atoms with Crippen LogP contribution in [0, 0.1) is 0 Å². The Hall–Kier alpha value is -0.760. The van der Waals surface area contributed by atoms with E-state index in [1.165, 1.54) is 5.56 Å². The highest BCUT2D eigenvalue weighted by Gasteiger charge is 2.12. The fourth-order valence-electron chi connectivity index (χ4n) is 1.58. The predicted molar refractivity (Wildman–Crippen MR) is 67.9 cm³/mol. The number of rotatable bonds is 5. The summed E-state index contributed by atoms with van der Waals surface area (Å²) in [6, 6.07) is 7.94. The van der Waals surface area contributed by atoms with Gasteiger partial charge in [-0.3, -0.25) is 4.79 Å². The molecule has 1 aromatic carbocycles. The van der Waals surface area contributed by atoms with E-state index in [0.717, 1.165) is 11.3 Å². The molecule has 0 radical (unpaired) electrons. The third kappa shape index (κ3) is 3.38. The van der Waals surface area contributed by atoms with Gasteiger partial charge in [0.2, 0.25) is 0 Å². The van der Waals surface area contributed by atoms with Gasteiger partial charge in [0.25, 0.3) is 0 Å². The van der Waals surface area contributed by atoms with Crippen LogP contribution in [0.3, 0.4) is 0 Å². The largest absolute Gasteiger partial charge is 0.294 e. The number of hydrogen-bond acceptors (Lipinski definition) is 2. The molecular formula is C13H18OS. The van der Waals surface area contributed by atoms with Crippen molar-refractivity contribution in [3.63, 3.8) is 0 Å². The lowest BCUT2D eigenvalue weighted by molar-refractivity contribution is 0.0988. The molecule has 0 N–H and O–H groups in total. The lowest BCUT2D eigenvalue weighted by Gasteiger charge is -2.11. The average molecular weight is 222 g/mol. The SMILES string of the molecule is CSCCC(=O)c1ccccc1C(C)C. The lowest BCUT2D eigenvalue weighted by atomic mass is 9.94. The Morgan fingerprint density at radius 1 is 1.33 bits per heavy atom. The topological polar surface area (TPSA) is 17.1 Å². The molecule has 0 aliphatic heterocycles. The first-order valence-electron chi connectivity index (χ1n) is 5.28. The van der Waals surface area contributed by atoms with Crippen molar-refractivity contribution >= 4 is 17.5 Å². The average Bonchev–Trinajstić information content (AvgIpc) is 2.25. The second-order valence-electron chi connectivity index (χ2n) is 3.91. The van der Waals surface area contributed by atoms with Crippen LogP contribution in [0.4, 0.5) is 0 Å². The maximum Gasteiger partial charge on any atom is 0.163 e. The van der Waals surface area contributed by atoms with Crippen molar-refractivity contribution in [3.8, 4) is 0 Å². The fraction of sp³-hybridized carbons (Fsp3) is 0.462. The van der Waals surface area contributed by atoms with Crippen LogP contribution in [0.25, 0.3) is 0 Å². The van der Waals surface area contributed by atoms with Crippen LogP contribution in [-0.2, 0) is 0 Å². The summed E-state index contributed by atoms with van der Waals surface area (Å²) in [7, 11) is 0. The monoisotopic (exact) mass is 222 g/mol. The molecule has 0 atom stereocenters. The van der Waals surface area contributed by atoms with E-state index in [0.29, 0.717) is 12.3 Å². The van der Waals surface area contributed by atoms with Crippen molar-refractivity contribution in [2.45, 2.75) is 26.2 Å². The predicted octanol–water partition coefficient (Wildman–Crippen LogP) is 3.75. The number of carbonyl (C=O) groups is 1. The molecule has 15 heavy (non-hydrogen) atoms. The van der Waals surface area contributed by atoms with Gasteiger partial charge in [-0.2, -0.15) is 11.8 Å². The summed E-state index contributed by atoms with van der Waals surface area (Å²) in [5, 5.41) is 0. The van der Waals surface area contributed by atoms with Gasteiger partial charge in [-0.15, -0.1) is 0 Å². The molecule has 0 aromatic heterocycles. The van der Waals surface area contributed by atoms with Crippen molar-refractivity contribution in [2.24, 2.45) is 0 Å². The summed E-state index contributed by atoms with van der Waals surface area (Å²) < 4.78 is 0. The molecule has 0 heterocycles. The first kappa shape index (κ1) is 12.3. The third-order valence-corrected chi connectivity index (χ3v) is 3.03. The van der Waals surface area contributed by atoms with Crippen LogP contribution < -0.4 is 0 Å². The third-order valence-electron chi connectivity index (χ3n) is 2.42. The number of ketones is 1. The zero-order valence-corrected chi connectivity index (χ0v) is 10.4. The minimum absolute atomic E-state index is 0.272. The number of benzene rings is 1. The van der Waals surface area contributed by atoms with Gasteiger partial charge in [0.05, 0.1) is 0 Å². The maximum atomic E-state index is 11.9. The van der Waals surface area contributed by atoms with Crippen molar-refractivity contribution in [3.05, 3.63) is 35.4 Å². The van der Waals surface area contributed by atoms with Crippen LogP contribution in [0.5, 0.6) is 0 Å². The van der Waals surface area contributed by atoms with E-state index in [-0.39, 0.29) is 5.78 Å². The highest BCUT2D eigenvalue weighted by atomic mass is 32.2. The van der Waals surface area contributed by atoms with Crippen LogP contribution in [0.2, 0.25) is 0 Å². The van der Waals surface area contributed by atoms with E-state index >= 15 is 0 Å². The molecular weight excluding hydrogens is 204 g/mol. The summed E-state index contributed by atoms with van der Waals surface area (Å²) >= 11 is 1.72. The molecule has 2 heteroatoms. The fourth-order valence-corrected chi connectivity index (χ4v) is 1.97. The smallest absolute Gasteiger partial charge is 0.163 e. The number of carbonyl (C=O) groups excluding carboxylic acids is 1. The summed E-state index contributed by atoms with van der Waals surface area (Å²) in [5.41, 5.74) is 2.07.